The molecule has 1 heterocycles. The van der Waals surface area contributed by atoms with Crippen molar-refractivity contribution >= 4 is 22.8 Å². The zero-order valence-corrected chi connectivity index (χ0v) is 22.9. The molecule has 3 aromatic carbocycles. The number of carboxylic acid groups (broad SMARTS) is 1. The zero-order valence-electron chi connectivity index (χ0n) is 22.9. The highest BCUT2D eigenvalue weighted by atomic mass is 16.5. The van der Waals surface area contributed by atoms with E-state index in [0.29, 0.717) is 23.8 Å². The summed E-state index contributed by atoms with van der Waals surface area (Å²) in [5, 5.41) is 13.2. The number of carbonyl (C=O) groups is 2. The summed E-state index contributed by atoms with van der Waals surface area (Å²) >= 11 is 0. The Hall–Kier alpha value is -4.06. The van der Waals surface area contributed by atoms with Crippen LogP contribution in [0.1, 0.15) is 78.0 Å². The van der Waals surface area contributed by atoms with Crippen LogP contribution in [0.5, 0.6) is 5.75 Å². The van der Waals surface area contributed by atoms with Gasteiger partial charge in [0.25, 0.3) is 5.91 Å². The van der Waals surface area contributed by atoms with Gasteiger partial charge in [-0.05, 0) is 86.2 Å². The molecule has 2 N–H and O–H groups in total. The molecule has 0 saturated carbocycles. The van der Waals surface area contributed by atoms with Crippen molar-refractivity contribution in [3.63, 3.8) is 0 Å². The van der Waals surface area contributed by atoms with Crippen molar-refractivity contribution in [1.82, 2.24) is 9.88 Å². The molecule has 0 spiro atoms. The number of amides is 1. The summed E-state index contributed by atoms with van der Waals surface area (Å²) in [5.41, 5.74) is 7.41. The molecule has 198 valence electrons. The van der Waals surface area contributed by atoms with Gasteiger partial charge in [0, 0.05) is 28.7 Å². The van der Waals surface area contributed by atoms with Gasteiger partial charge in [0.2, 0.25) is 0 Å². The SMILES string of the molecule is Cc1c(C)n(Cc2ccc(O[C@@H](C)C(=O)O)cc2)c2ccc(C(=O)N[C@@H](C)c3ccc(C(C)C)cc3)cc12. The molecule has 1 aromatic heterocycles. The van der Waals surface area contributed by atoms with Crippen LogP contribution in [-0.2, 0) is 11.3 Å². The first-order chi connectivity index (χ1) is 18.0. The number of hydrogen-bond acceptors (Lipinski definition) is 3. The first-order valence-electron chi connectivity index (χ1n) is 13.0. The largest absolute Gasteiger partial charge is 0.479 e. The fraction of sp³-hybridized carbons (Fsp3) is 0.312. The fourth-order valence-corrected chi connectivity index (χ4v) is 4.64. The van der Waals surface area contributed by atoms with Gasteiger partial charge in [0.05, 0.1) is 6.04 Å². The predicted molar refractivity (Wildman–Crippen MR) is 151 cm³/mol. The van der Waals surface area contributed by atoms with Gasteiger partial charge in [0.1, 0.15) is 5.75 Å². The van der Waals surface area contributed by atoms with Crippen molar-refractivity contribution in [3.05, 3.63) is 100 Å². The Bertz CT molecular complexity index is 1450. The molecule has 0 aliphatic rings. The van der Waals surface area contributed by atoms with Crippen LogP contribution in [-0.4, -0.2) is 27.7 Å². The summed E-state index contributed by atoms with van der Waals surface area (Å²) in [7, 11) is 0. The van der Waals surface area contributed by atoms with Crippen LogP contribution in [0.25, 0.3) is 10.9 Å². The molecule has 6 heteroatoms. The molecule has 0 saturated heterocycles. The number of aromatic nitrogens is 1. The Morgan fingerprint density at radius 2 is 1.53 bits per heavy atom. The van der Waals surface area contributed by atoms with Crippen LogP contribution < -0.4 is 10.1 Å². The number of aliphatic carboxylic acids is 1. The predicted octanol–water partition coefficient (Wildman–Crippen LogP) is 6.77. The minimum atomic E-state index is -0.998. The van der Waals surface area contributed by atoms with Crippen molar-refractivity contribution in [2.24, 2.45) is 0 Å². The number of ether oxygens (including phenoxy) is 1. The molecule has 4 aromatic rings. The molecular formula is C32H36N2O4. The van der Waals surface area contributed by atoms with Gasteiger partial charge < -0.3 is 19.7 Å². The van der Waals surface area contributed by atoms with E-state index in [1.165, 1.54) is 12.5 Å². The molecule has 4 rings (SSSR count). The Labute approximate surface area is 224 Å². The van der Waals surface area contributed by atoms with Gasteiger partial charge in [-0.25, -0.2) is 4.79 Å². The van der Waals surface area contributed by atoms with Gasteiger partial charge in [-0.3, -0.25) is 4.79 Å². The number of aryl methyl sites for hydroxylation is 1. The average Bonchev–Trinajstić information content (AvgIpc) is 3.13. The highest BCUT2D eigenvalue weighted by Gasteiger charge is 2.17. The molecule has 0 aliphatic carbocycles. The third-order valence-electron chi connectivity index (χ3n) is 7.28. The van der Waals surface area contributed by atoms with Crippen molar-refractivity contribution in [2.75, 3.05) is 0 Å². The number of nitrogens with zero attached hydrogens (tertiary/aromatic N) is 1. The Morgan fingerprint density at radius 3 is 2.13 bits per heavy atom. The first-order valence-corrected chi connectivity index (χ1v) is 13.0. The van der Waals surface area contributed by atoms with E-state index in [9.17, 15) is 9.59 Å². The monoisotopic (exact) mass is 512 g/mol. The van der Waals surface area contributed by atoms with Gasteiger partial charge in [0.15, 0.2) is 6.10 Å². The van der Waals surface area contributed by atoms with E-state index in [0.717, 1.165) is 33.3 Å². The van der Waals surface area contributed by atoms with Crippen LogP contribution in [0.3, 0.4) is 0 Å². The fourth-order valence-electron chi connectivity index (χ4n) is 4.64. The lowest BCUT2D eigenvalue weighted by atomic mass is 9.99. The summed E-state index contributed by atoms with van der Waals surface area (Å²) in [4.78, 5) is 24.2. The molecule has 38 heavy (non-hydrogen) atoms. The highest BCUT2D eigenvalue weighted by Crippen LogP contribution is 2.28. The number of nitrogens with one attached hydrogen (secondary N) is 1. The summed E-state index contributed by atoms with van der Waals surface area (Å²) < 4.78 is 7.68. The molecule has 0 fully saturated rings. The van der Waals surface area contributed by atoms with Gasteiger partial charge in [-0.15, -0.1) is 0 Å². The highest BCUT2D eigenvalue weighted by molar-refractivity contribution is 5.99. The van der Waals surface area contributed by atoms with Crippen molar-refractivity contribution in [3.8, 4) is 5.75 Å². The minimum Gasteiger partial charge on any atom is -0.479 e. The second-order valence-electron chi connectivity index (χ2n) is 10.3. The van der Waals surface area contributed by atoms with Crippen molar-refractivity contribution < 1.29 is 19.4 Å². The van der Waals surface area contributed by atoms with Crippen LogP contribution in [0.4, 0.5) is 0 Å². The minimum absolute atomic E-state index is 0.0942. The van der Waals surface area contributed by atoms with E-state index < -0.39 is 12.1 Å². The summed E-state index contributed by atoms with van der Waals surface area (Å²) in [6, 6.07) is 21.7. The van der Waals surface area contributed by atoms with E-state index in [-0.39, 0.29) is 11.9 Å². The van der Waals surface area contributed by atoms with Crippen molar-refractivity contribution in [1.29, 1.82) is 0 Å². The molecule has 6 nitrogen and oxygen atoms in total. The summed E-state index contributed by atoms with van der Waals surface area (Å²) in [6.07, 6.45) is -0.904. The van der Waals surface area contributed by atoms with Gasteiger partial charge >= 0.3 is 5.97 Å². The Kier molecular flexibility index (Phi) is 7.91. The third kappa shape index (κ3) is 5.75. The van der Waals surface area contributed by atoms with Gasteiger partial charge in [-0.1, -0.05) is 50.2 Å². The zero-order chi connectivity index (χ0) is 27.6. The number of carbonyl (C=O) groups excluding carboxylic acids is 1. The molecule has 2 atom stereocenters. The van der Waals surface area contributed by atoms with E-state index in [4.69, 9.17) is 9.84 Å². The maximum absolute atomic E-state index is 13.1. The van der Waals surface area contributed by atoms with Gasteiger partial charge in [-0.2, -0.15) is 0 Å². The smallest absolute Gasteiger partial charge is 0.344 e. The topological polar surface area (TPSA) is 80.6 Å². The molecule has 0 radical (unpaired) electrons. The number of fused-ring (bicyclic) bond motifs is 1. The molecule has 0 aliphatic heterocycles. The third-order valence-corrected chi connectivity index (χ3v) is 7.28. The van der Waals surface area contributed by atoms with Crippen LogP contribution >= 0.6 is 0 Å². The molecule has 0 unspecified atom stereocenters. The lowest BCUT2D eigenvalue weighted by molar-refractivity contribution is -0.144. The van der Waals surface area contributed by atoms with E-state index >= 15 is 0 Å². The van der Waals surface area contributed by atoms with Crippen LogP contribution in [0.15, 0.2) is 66.7 Å². The number of rotatable bonds is 9. The Balaban J connectivity index is 1.51. The second-order valence-corrected chi connectivity index (χ2v) is 10.3. The Morgan fingerprint density at radius 1 is 0.895 bits per heavy atom. The van der Waals surface area contributed by atoms with E-state index in [1.807, 2.05) is 37.3 Å². The lowest BCUT2D eigenvalue weighted by Gasteiger charge is -2.16. The van der Waals surface area contributed by atoms with E-state index in [1.54, 1.807) is 12.1 Å². The molecule has 1 amide bonds. The maximum atomic E-state index is 13.1. The van der Waals surface area contributed by atoms with E-state index in [2.05, 4.69) is 61.8 Å². The van der Waals surface area contributed by atoms with Crippen LogP contribution in [0, 0.1) is 13.8 Å². The number of benzene rings is 3. The average molecular weight is 513 g/mol. The van der Waals surface area contributed by atoms with Crippen LogP contribution in [0.2, 0.25) is 0 Å². The summed E-state index contributed by atoms with van der Waals surface area (Å²) in [5.74, 6) is -0.0968. The standard InChI is InChI=1S/C32H36N2O4/c1-19(2)25-9-11-26(12-10-25)21(4)33-31(35)27-13-16-30-29(17-27)20(3)22(5)34(30)18-24-7-14-28(15-8-24)38-23(6)32(36)37/h7-17,19,21,23H,18H2,1-6H3,(H,33,35)(H,36,37)/t21-,23-/m0/s1. The first kappa shape index (κ1) is 27.0. The number of hydrogen-bond donors (Lipinski definition) is 2. The normalized spacial score (nSPS) is 12.9. The number of carboxylic acids is 1. The second kappa shape index (κ2) is 11.1. The summed E-state index contributed by atoms with van der Waals surface area (Å²) in [6.45, 7) is 12.7. The maximum Gasteiger partial charge on any atom is 0.344 e. The quantitative estimate of drug-likeness (QED) is 0.259. The molecule has 0 bridgehead atoms. The molecular weight excluding hydrogens is 476 g/mol. The van der Waals surface area contributed by atoms with Crippen molar-refractivity contribution in [2.45, 2.75) is 66.2 Å². The lowest BCUT2D eigenvalue weighted by Crippen LogP contribution is -2.26.